The standard InChI is InChI=1S/C25H35NO2/c27-22-9-7-20-17-26(24(28)23(20)14-22)16-19-10-12-25(13-11-19)15-21(25)8-6-18-4-2-1-3-5-18/h7,9,14,18-19,21,27H,1-6,8,10-13,15-17H2/t19?,21-,25?/m1/s1. The minimum atomic E-state index is 0.114. The molecule has 1 N–H and O–H groups in total. The Labute approximate surface area is 169 Å². The first-order valence-electron chi connectivity index (χ1n) is 11.7. The molecule has 0 saturated heterocycles. The summed E-state index contributed by atoms with van der Waals surface area (Å²) in [5.41, 5.74) is 2.46. The largest absolute Gasteiger partial charge is 0.508 e. The van der Waals surface area contributed by atoms with Crippen LogP contribution in [0.25, 0.3) is 0 Å². The predicted octanol–water partition coefficient (Wildman–Crippen LogP) is 5.91. The molecule has 4 aliphatic rings. The van der Waals surface area contributed by atoms with Crippen molar-refractivity contribution >= 4 is 5.91 Å². The molecule has 28 heavy (non-hydrogen) atoms. The summed E-state index contributed by atoms with van der Waals surface area (Å²) < 4.78 is 0. The van der Waals surface area contributed by atoms with E-state index in [1.165, 1.54) is 77.0 Å². The quantitative estimate of drug-likeness (QED) is 0.689. The molecule has 3 heteroatoms. The summed E-state index contributed by atoms with van der Waals surface area (Å²) in [6, 6.07) is 5.23. The lowest BCUT2D eigenvalue weighted by molar-refractivity contribution is 0.0723. The molecule has 1 atom stereocenters. The Kier molecular flexibility index (Phi) is 4.88. The Balaban J connectivity index is 1.08. The van der Waals surface area contributed by atoms with Gasteiger partial charge in [-0.1, -0.05) is 44.6 Å². The van der Waals surface area contributed by atoms with Gasteiger partial charge >= 0.3 is 0 Å². The highest BCUT2D eigenvalue weighted by molar-refractivity contribution is 5.98. The van der Waals surface area contributed by atoms with Crippen molar-refractivity contribution in [1.82, 2.24) is 4.90 Å². The molecular weight excluding hydrogens is 346 g/mol. The smallest absolute Gasteiger partial charge is 0.254 e. The molecule has 3 fully saturated rings. The lowest BCUT2D eigenvalue weighted by atomic mass is 9.77. The fourth-order valence-electron chi connectivity index (χ4n) is 6.61. The molecular formula is C25H35NO2. The minimum absolute atomic E-state index is 0.114. The number of phenols is 1. The molecule has 1 aliphatic heterocycles. The summed E-state index contributed by atoms with van der Waals surface area (Å²) in [5, 5.41) is 9.67. The van der Waals surface area contributed by atoms with Crippen molar-refractivity contribution in [1.29, 1.82) is 0 Å². The molecule has 0 unspecified atom stereocenters. The second kappa shape index (κ2) is 7.39. The van der Waals surface area contributed by atoms with E-state index >= 15 is 0 Å². The van der Waals surface area contributed by atoms with Gasteiger partial charge < -0.3 is 10.0 Å². The second-order valence-corrected chi connectivity index (χ2v) is 10.3. The second-order valence-electron chi connectivity index (χ2n) is 10.3. The van der Waals surface area contributed by atoms with Crippen molar-refractivity contribution in [3.8, 4) is 5.75 Å². The van der Waals surface area contributed by atoms with Crippen molar-refractivity contribution in [2.45, 2.75) is 83.6 Å². The maximum absolute atomic E-state index is 12.7. The Morgan fingerprint density at radius 2 is 1.79 bits per heavy atom. The third-order valence-electron chi connectivity index (χ3n) is 8.56. The van der Waals surface area contributed by atoms with E-state index in [9.17, 15) is 9.90 Å². The van der Waals surface area contributed by atoms with Crippen LogP contribution in [0, 0.1) is 23.2 Å². The van der Waals surface area contributed by atoms with Gasteiger partial charge in [0, 0.05) is 18.7 Å². The molecule has 3 saturated carbocycles. The van der Waals surface area contributed by atoms with Gasteiger partial charge in [0.15, 0.2) is 0 Å². The highest BCUT2D eigenvalue weighted by atomic mass is 16.3. The average molecular weight is 382 g/mol. The average Bonchev–Trinajstić information content (AvgIpc) is 3.31. The van der Waals surface area contributed by atoms with E-state index in [4.69, 9.17) is 0 Å². The Morgan fingerprint density at radius 3 is 2.57 bits per heavy atom. The Morgan fingerprint density at radius 1 is 1.00 bits per heavy atom. The van der Waals surface area contributed by atoms with Gasteiger partial charge in [-0.15, -0.1) is 0 Å². The first-order valence-corrected chi connectivity index (χ1v) is 11.7. The highest BCUT2D eigenvalue weighted by Gasteiger charge is 2.54. The third kappa shape index (κ3) is 3.57. The van der Waals surface area contributed by atoms with Crippen LogP contribution in [-0.2, 0) is 6.54 Å². The summed E-state index contributed by atoms with van der Waals surface area (Å²) in [7, 11) is 0. The van der Waals surface area contributed by atoms with Crippen molar-refractivity contribution in [2.75, 3.05) is 6.54 Å². The number of fused-ring (bicyclic) bond motifs is 1. The maximum atomic E-state index is 12.7. The van der Waals surface area contributed by atoms with Gasteiger partial charge in [-0.05, 0) is 79.4 Å². The summed E-state index contributed by atoms with van der Waals surface area (Å²) >= 11 is 0. The van der Waals surface area contributed by atoms with Crippen molar-refractivity contribution in [3.05, 3.63) is 29.3 Å². The van der Waals surface area contributed by atoms with Gasteiger partial charge in [-0.2, -0.15) is 0 Å². The zero-order chi connectivity index (χ0) is 19.1. The molecule has 1 aromatic carbocycles. The first-order chi connectivity index (χ1) is 13.6. The molecule has 3 nitrogen and oxygen atoms in total. The van der Waals surface area contributed by atoms with E-state index in [0.29, 0.717) is 16.9 Å². The minimum Gasteiger partial charge on any atom is -0.508 e. The van der Waals surface area contributed by atoms with Crippen LogP contribution >= 0.6 is 0 Å². The molecule has 0 bridgehead atoms. The normalized spacial score (nSPS) is 32.7. The molecule has 5 rings (SSSR count). The summed E-state index contributed by atoms with van der Waals surface area (Å²) in [6.07, 6.45) is 17.2. The number of nitrogens with zero attached hydrogens (tertiary/aromatic N) is 1. The number of aromatic hydroxyl groups is 1. The van der Waals surface area contributed by atoms with Crippen LogP contribution in [0.3, 0.4) is 0 Å². The summed E-state index contributed by atoms with van der Waals surface area (Å²) in [6.45, 7) is 1.62. The van der Waals surface area contributed by atoms with E-state index in [2.05, 4.69) is 0 Å². The molecule has 1 amide bonds. The molecule has 0 aromatic heterocycles. The van der Waals surface area contributed by atoms with Gasteiger partial charge in [0.1, 0.15) is 5.75 Å². The Hall–Kier alpha value is -1.51. The van der Waals surface area contributed by atoms with E-state index in [0.717, 1.165) is 30.5 Å². The number of hydrogen-bond donors (Lipinski definition) is 1. The highest BCUT2D eigenvalue weighted by Crippen LogP contribution is 2.64. The zero-order valence-corrected chi connectivity index (χ0v) is 17.2. The fourth-order valence-corrected chi connectivity index (χ4v) is 6.61. The van der Waals surface area contributed by atoms with Crippen LogP contribution in [0.2, 0.25) is 0 Å². The monoisotopic (exact) mass is 381 g/mol. The van der Waals surface area contributed by atoms with Gasteiger partial charge in [0.2, 0.25) is 0 Å². The zero-order valence-electron chi connectivity index (χ0n) is 17.2. The number of rotatable bonds is 5. The maximum Gasteiger partial charge on any atom is 0.254 e. The van der Waals surface area contributed by atoms with Crippen LogP contribution in [0.1, 0.15) is 93.0 Å². The lowest BCUT2D eigenvalue weighted by Crippen LogP contribution is -2.32. The van der Waals surface area contributed by atoms with Gasteiger partial charge in [0.25, 0.3) is 5.91 Å². The van der Waals surface area contributed by atoms with E-state index in [1.807, 2.05) is 11.0 Å². The number of amides is 1. The lowest BCUT2D eigenvalue weighted by Gasteiger charge is -2.32. The van der Waals surface area contributed by atoms with Crippen LogP contribution < -0.4 is 0 Å². The first kappa shape index (κ1) is 18.5. The van der Waals surface area contributed by atoms with E-state index in [1.54, 1.807) is 12.1 Å². The molecule has 1 spiro atoms. The van der Waals surface area contributed by atoms with Crippen molar-refractivity contribution in [3.63, 3.8) is 0 Å². The molecule has 3 aliphatic carbocycles. The molecule has 1 aromatic rings. The summed E-state index contributed by atoms with van der Waals surface area (Å²) in [4.78, 5) is 14.7. The SMILES string of the molecule is O=C1c2cc(O)ccc2CN1CC1CCC2(CC1)C[C@H]2CCC1CCCCC1. The fraction of sp³-hybridized carbons (Fsp3) is 0.720. The number of carbonyl (C=O) groups is 1. The van der Waals surface area contributed by atoms with E-state index < -0.39 is 0 Å². The Bertz CT molecular complexity index is 728. The number of carbonyl (C=O) groups excluding carboxylic acids is 1. The van der Waals surface area contributed by atoms with Crippen LogP contribution in [-0.4, -0.2) is 22.5 Å². The summed E-state index contributed by atoms with van der Waals surface area (Å²) in [5.74, 6) is 3.02. The van der Waals surface area contributed by atoms with Crippen molar-refractivity contribution < 1.29 is 9.90 Å². The predicted molar refractivity (Wildman–Crippen MR) is 111 cm³/mol. The molecule has 1 heterocycles. The molecule has 0 radical (unpaired) electrons. The van der Waals surface area contributed by atoms with Gasteiger partial charge in [-0.25, -0.2) is 0 Å². The third-order valence-corrected chi connectivity index (χ3v) is 8.56. The van der Waals surface area contributed by atoms with E-state index in [-0.39, 0.29) is 11.7 Å². The van der Waals surface area contributed by atoms with Gasteiger partial charge in [0.05, 0.1) is 0 Å². The molecule has 152 valence electrons. The van der Waals surface area contributed by atoms with Crippen molar-refractivity contribution in [2.24, 2.45) is 23.2 Å². The van der Waals surface area contributed by atoms with Crippen LogP contribution in [0.15, 0.2) is 18.2 Å². The number of phenolic OH excluding ortho intramolecular Hbond substituents is 1. The van der Waals surface area contributed by atoms with Crippen LogP contribution in [0.5, 0.6) is 5.75 Å². The van der Waals surface area contributed by atoms with Gasteiger partial charge in [-0.3, -0.25) is 4.79 Å². The van der Waals surface area contributed by atoms with Crippen LogP contribution in [0.4, 0.5) is 0 Å². The number of benzene rings is 1. The number of hydrogen-bond acceptors (Lipinski definition) is 2. The topological polar surface area (TPSA) is 40.5 Å².